The highest BCUT2D eigenvalue weighted by molar-refractivity contribution is 5.70. The molecule has 4 rings (SSSR count). The molecular weight excluding hydrogens is 354 g/mol. The van der Waals surface area contributed by atoms with Crippen molar-refractivity contribution in [3.63, 3.8) is 0 Å². The van der Waals surface area contributed by atoms with Crippen LogP contribution in [0.2, 0.25) is 0 Å². The van der Waals surface area contributed by atoms with Gasteiger partial charge in [0.15, 0.2) is 5.60 Å². The summed E-state index contributed by atoms with van der Waals surface area (Å²) < 4.78 is 0. The van der Waals surface area contributed by atoms with Crippen molar-refractivity contribution in [2.24, 2.45) is 0 Å². The third kappa shape index (κ3) is 3.74. The number of rotatable bonds is 5. The zero-order valence-corrected chi connectivity index (χ0v) is 16.2. The Labute approximate surface area is 172 Å². The van der Waals surface area contributed by atoms with E-state index < -0.39 is 5.60 Å². The molecule has 0 amide bonds. The average Bonchev–Trinajstić information content (AvgIpc) is 2.81. The van der Waals surface area contributed by atoms with Gasteiger partial charge in [-0.1, -0.05) is 78.7 Å². The van der Waals surface area contributed by atoms with Crippen molar-refractivity contribution in [1.82, 2.24) is 0 Å². The maximum Gasteiger partial charge on any atom is 0.176 e. The summed E-state index contributed by atoms with van der Waals surface area (Å²) in [4.78, 5) is 2.22. The number of nitrogens with zero attached hydrogens (tertiary/aromatic N) is 1. The van der Waals surface area contributed by atoms with Crippen LogP contribution >= 0.6 is 0 Å². The summed E-state index contributed by atoms with van der Waals surface area (Å²) in [6.07, 6.45) is 14.5. The van der Waals surface area contributed by atoms with Crippen LogP contribution in [0.1, 0.15) is 24.0 Å². The van der Waals surface area contributed by atoms with E-state index in [2.05, 4.69) is 41.2 Å². The van der Waals surface area contributed by atoms with Gasteiger partial charge in [-0.15, -0.1) is 6.42 Å². The van der Waals surface area contributed by atoms with Crippen molar-refractivity contribution in [2.75, 3.05) is 4.90 Å². The summed E-state index contributed by atoms with van der Waals surface area (Å²) >= 11 is 0. The fourth-order valence-electron chi connectivity index (χ4n) is 3.65. The number of hydrogen-bond acceptors (Lipinski definition) is 2. The molecule has 3 aromatic carbocycles. The lowest BCUT2D eigenvalue weighted by atomic mass is 9.87. The van der Waals surface area contributed by atoms with Crippen LogP contribution in [0, 0.1) is 12.3 Å². The minimum absolute atomic E-state index is 0.677. The van der Waals surface area contributed by atoms with Crippen molar-refractivity contribution in [3.8, 4) is 12.3 Å². The molecule has 1 aliphatic rings. The Morgan fingerprint density at radius 3 is 1.93 bits per heavy atom. The minimum Gasteiger partial charge on any atom is -0.369 e. The maximum atomic E-state index is 11.2. The van der Waals surface area contributed by atoms with Crippen molar-refractivity contribution >= 4 is 11.4 Å². The van der Waals surface area contributed by atoms with E-state index in [-0.39, 0.29) is 0 Å². The Balaban J connectivity index is 1.74. The lowest BCUT2D eigenvalue weighted by molar-refractivity contribution is 0.145. The van der Waals surface area contributed by atoms with Gasteiger partial charge in [0.1, 0.15) is 0 Å². The predicted molar refractivity (Wildman–Crippen MR) is 120 cm³/mol. The largest absolute Gasteiger partial charge is 0.369 e. The summed E-state index contributed by atoms with van der Waals surface area (Å²) in [6, 6.07) is 27.5. The van der Waals surface area contributed by atoms with E-state index in [1.165, 1.54) is 0 Å². The summed E-state index contributed by atoms with van der Waals surface area (Å²) in [5, 5.41) is 11.2. The number of allylic oxidation sites excluding steroid dienone is 3. The number of benzene rings is 3. The second kappa shape index (κ2) is 8.22. The summed E-state index contributed by atoms with van der Waals surface area (Å²) in [6.45, 7) is 0. The number of para-hydroxylation sites is 1. The van der Waals surface area contributed by atoms with Gasteiger partial charge < -0.3 is 10.0 Å². The second-order valence-electron chi connectivity index (χ2n) is 7.05. The third-order valence-corrected chi connectivity index (χ3v) is 5.19. The summed E-state index contributed by atoms with van der Waals surface area (Å²) in [5.74, 6) is 2.57. The number of hydrogen-bond donors (Lipinski definition) is 1. The Morgan fingerprint density at radius 2 is 1.34 bits per heavy atom. The molecule has 2 nitrogen and oxygen atoms in total. The topological polar surface area (TPSA) is 23.5 Å². The van der Waals surface area contributed by atoms with Gasteiger partial charge in [0.05, 0.1) is 0 Å². The van der Waals surface area contributed by atoms with Crippen LogP contribution in [0.5, 0.6) is 0 Å². The average molecular weight is 377 g/mol. The lowest BCUT2D eigenvalue weighted by Crippen LogP contribution is -2.25. The Hall–Kier alpha value is -3.54. The van der Waals surface area contributed by atoms with E-state index in [0.29, 0.717) is 11.1 Å². The van der Waals surface area contributed by atoms with E-state index in [0.717, 1.165) is 29.9 Å². The molecule has 0 saturated heterocycles. The first-order valence-corrected chi connectivity index (χ1v) is 9.80. The van der Waals surface area contributed by atoms with E-state index in [4.69, 9.17) is 6.42 Å². The first-order valence-electron chi connectivity index (χ1n) is 9.80. The molecule has 0 bridgehead atoms. The Morgan fingerprint density at radius 1 is 0.759 bits per heavy atom. The zero-order valence-electron chi connectivity index (χ0n) is 16.2. The van der Waals surface area contributed by atoms with Crippen LogP contribution < -0.4 is 4.90 Å². The van der Waals surface area contributed by atoms with Gasteiger partial charge in [0.2, 0.25) is 0 Å². The fraction of sp³-hybridized carbons (Fsp3) is 0.111. The van der Waals surface area contributed by atoms with Crippen LogP contribution in [-0.2, 0) is 5.60 Å². The van der Waals surface area contributed by atoms with Crippen LogP contribution in [0.3, 0.4) is 0 Å². The smallest absolute Gasteiger partial charge is 0.176 e. The first-order chi connectivity index (χ1) is 14.2. The molecule has 0 aliphatic heterocycles. The molecule has 0 spiro atoms. The highest BCUT2D eigenvalue weighted by Gasteiger charge is 2.29. The van der Waals surface area contributed by atoms with Gasteiger partial charge in [0, 0.05) is 28.2 Å². The van der Waals surface area contributed by atoms with E-state index in [9.17, 15) is 5.11 Å². The second-order valence-corrected chi connectivity index (χ2v) is 7.05. The van der Waals surface area contributed by atoms with Gasteiger partial charge in [0.25, 0.3) is 0 Å². The molecule has 0 fully saturated rings. The molecule has 1 atom stereocenters. The monoisotopic (exact) mass is 377 g/mol. The van der Waals surface area contributed by atoms with E-state index in [1.54, 1.807) is 0 Å². The first kappa shape index (κ1) is 18.8. The molecule has 142 valence electrons. The fourth-order valence-corrected chi connectivity index (χ4v) is 3.65. The SMILES string of the molecule is C#CC(O)(c1ccccc1)c1ccc(N(C2=CCCC=C2)c2ccccc2)cc1. The van der Waals surface area contributed by atoms with Crippen LogP contribution in [-0.4, -0.2) is 5.11 Å². The van der Waals surface area contributed by atoms with Crippen molar-refractivity contribution in [1.29, 1.82) is 0 Å². The highest BCUT2D eigenvalue weighted by atomic mass is 16.3. The van der Waals surface area contributed by atoms with Gasteiger partial charge in [-0.3, -0.25) is 0 Å². The maximum absolute atomic E-state index is 11.2. The van der Waals surface area contributed by atoms with Gasteiger partial charge in [-0.2, -0.15) is 0 Å². The van der Waals surface area contributed by atoms with Crippen LogP contribution in [0.15, 0.2) is 109 Å². The number of terminal acetylenes is 1. The Bertz CT molecular complexity index is 1060. The van der Waals surface area contributed by atoms with Crippen molar-refractivity contribution in [3.05, 3.63) is 120 Å². The molecule has 0 radical (unpaired) electrons. The highest BCUT2D eigenvalue weighted by Crippen LogP contribution is 2.35. The molecule has 29 heavy (non-hydrogen) atoms. The molecule has 0 heterocycles. The van der Waals surface area contributed by atoms with Crippen molar-refractivity contribution < 1.29 is 5.11 Å². The van der Waals surface area contributed by atoms with E-state index in [1.807, 2.05) is 72.8 Å². The lowest BCUT2D eigenvalue weighted by Gasteiger charge is -2.29. The minimum atomic E-state index is -1.46. The molecule has 3 aromatic rings. The number of anilines is 2. The van der Waals surface area contributed by atoms with Gasteiger partial charge >= 0.3 is 0 Å². The zero-order chi connectivity index (χ0) is 20.1. The molecule has 1 aliphatic carbocycles. The van der Waals surface area contributed by atoms with Gasteiger partial charge in [-0.25, -0.2) is 0 Å². The van der Waals surface area contributed by atoms with Gasteiger partial charge in [-0.05, 0) is 43.2 Å². The predicted octanol–water partition coefficient (Wildman–Crippen LogP) is 5.93. The van der Waals surface area contributed by atoms with Crippen molar-refractivity contribution in [2.45, 2.75) is 18.4 Å². The van der Waals surface area contributed by atoms with Crippen LogP contribution in [0.4, 0.5) is 11.4 Å². The molecule has 0 saturated carbocycles. The third-order valence-electron chi connectivity index (χ3n) is 5.19. The molecule has 1 N–H and O–H groups in total. The molecule has 1 unspecified atom stereocenters. The Kier molecular flexibility index (Phi) is 5.33. The van der Waals surface area contributed by atoms with Crippen LogP contribution in [0.25, 0.3) is 0 Å². The summed E-state index contributed by atoms with van der Waals surface area (Å²) in [5.41, 5.74) is 3.16. The number of aliphatic hydroxyl groups is 1. The normalized spacial score (nSPS) is 15.1. The quantitative estimate of drug-likeness (QED) is 0.557. The molecule has 0 aromatic heterocycles. The summed E-state index contributed by atoms with van der Waals surface area (Å²) in [7, 11) is 0. The molecular formula is C27H23NO. The van der Waals surface area contributed by atoms with E-state index >= 15 is 0 Å². The standard InChI is InChI=1S/C27H23NO/c1-2-27(29,22-12-6-3-7-13-22)23-18-20-26(21-19-23)28(24-14-8-4-9-15-24)25-16-10-5-11-17-25/h1,3-4,6-10,12-21,29H,5,11H2. The molecule has 2 heteroatoms.